The van der Waals surface area contributed by atoms with Crippen molar-refractivity contribution in [1.82, 2.24) is 0 Å². The van der Waals surface area contributed by atoms with Gasteiger partial charge in [0.25, 0.3) is 0 Å². The average molecular weight is 258 g/mol. The predicted octanol–water partition coefficient (Wildman–Crippen LogP) is 4.17. The van der Waals surface area contributed by atoms with Crippen LogP contribution in [0.3, 0.4) is 0 Å². The van der Waals surface area contributed by atoms with Gasteiger partial charge in [-0.25, -0.2) is 0 Å². The van der Waals surface area contributed by atoms with Crippen LogP contribution >= 0.6 is 23.2 Å². The number of rotatable bonds is 2. The molecule has 0 amide bonds. The lowest BCUT2D eigenvalue weighted by Gasteiger charge is -2.22. The van der Waals surface area contributed by atoms with Crippen LogP contribution in [0.5, 0.6) is 0 Å². The van der Waals surface area contributed by atoms with Crippen LogP contribution in [0.15, 0.2) is 18.2 Å². The van der Waals surface area contributed by atoms with Gasteiger partial charge in [0, 0.05) is 29.4 Å². The Morgan fingerprint density at radius 2 is 1.88 bits per heavy atom. The largest absolute Gasteiger partial charge is 0.371 e. The van der Waals surface area contributed by atoms with Crippen LogP contribution in [0.1, 0.15) is 19.4 Å². The molecule has 2 atom stereocenters. The van der Waals surface area contributed by atoms with Crippen LogP contribution in [0.2, 0.25) is 5.02 Å². The quantitative estimate of drug-likeness (QED) is 0.719. The second-order valence-electron chi connectivity index (χ2n) is 4.73. The Morgan fingerprint density at radius 1 is 1.25 bits per heavy atom. The normalized spacial score (nSPS) is 25.1. The minimum absolute atomic E-state index is 0.480. The van der Waals surface area contributed by atoms with E-state index in [0.717, 1.165) is 35.5 Å². The highest BCUT2D eigenvalue weighted by Crippen LogP contribution is 2.34. The molecule has 1 saturated heterocycles. The summed E-state index contributed by atoms with van der Waals surface area (Å²) in [5, 5.41) is 0.778. The summed E-state index contributed by atoms with van der Waals surface area (Å²) >= 11 is 12.1. The molecule has 1 nitrogen and oxygen atoms in total. The second kappa shape index (κ2) is 4.85. The molecule has 1 aliphatic heterocycles. The molecule has 0 N–H and O–H groups in total. The van der Waals surface area contributed by atoms with Gasteiger partial charge in [0.05, 0.1) is 5.88 Å². The van der Waals surface area contributed by atoms with Crippen LogP contribution in [-0.2, 0) is 5.88 Å². The van der Waals surface area contributed by atoms with Crippen molar-refractivity contribution >= 4 is 28.9 Å². The van der Waals surface area contributed by atoms with E-state index >= 15 is 0 Å². The molecule has 0 saturated carbocycles. The average Bonchev–Trinajstić information content (AvgIpc) is 2.59. The maximum atomic E-state index is 6.17. The molecule has 0 aromatic heterocycles. The van der Waals surface area contributed by atoms with Gasteiger partial charge in [0.15, 0.2) is 0 Å². The van der Waals surface area contributed by atoms with Gasteiger partial charge in [0.2, 0.25) is 0 Å². The van der Waals surface area contributed by atoms with Gasteiger partial charge in [-0.1, -0.05) is 31.5 Å². The first-order valence-electron chi connectivity index (χ1n) is 5.71. The van der Waals surface area contributed by atoms with E-state index in [1.54, 1.807) is 0 Å². The van der Waals surface area contributed by atoms with Gasteiger partial charge in [-0.15, -0.1) is 11.6 Å². The van der Waals surface area contributed by atoms with Crippen LogP contribution in [-0.4, -0.2) is 13.1 Å². The third-order valence-electron chi connectivity index (χ3n) is 3.56. The number of anilines is 1. The molecule has 2 rings (SSSR count). The number of hydrogen-bond acceptors (Lipinski definition) is 1. The summed E-state index contributed by atoms with van der Waals surface area (Å²) < 4.78 is 0. The molecule has 1 aliphatic rings. The summed E-state index contributed by atoms with van der Waals surface area (Å²) in [6, 6.07) is 6.03. The van der Waals surface area contributed by atoms with Gasteiger partial charge in [0.1, 0.15) is 0 Å². The zero-order chi connectivity index (χ0) is 11.7. The number of hydrogen-bond donors (Lipinski definition) is 0. The van der Waals surface area contributed by atoms with E-state index in [1.165, 1.54) is 5.69 Å². The predicted molar refractivity (Wildman–Crippen MR) is 71.6 cm³/mol. The standard InChI is InChI=1S/C13H17Cl2N/c1-9-7-16(8-10(9)2)13-5-3-4-12(15)11(13)6-14/h3-5,9-10H,6-8H2,1-2H3. The monoisotopic (exact) mass is 257 g/mol. The van der Waals surface area contributed by atoms with Gasteiger partial charge < -0.3 is 4.90 Å². The Kier molecular flexibility index (Phi) is 3.66. The molecule has 1 fully saturated rings. The minimum atomic E-state index is 0.480. The van der Waals surface area contributed by atoms with Crippen LogP contribution < -0.4 is 4.90 Å². The van der Waals surface area contributed by atoms with E-state index in [4.69, 9.17) is 23.2 Å². The summed E-state index contributed by atoms with van der Waals surface area (Å²) in [6.07, 6.45) is 0. The molecular formula is C13H17Cl2N. The van der Waals surface area contributed by atoms with Crippen molar-refractivity contribution < 1.29 is 0 Å². The zero-order valence-corrected chi connectivity index (χ0v) is 11.2. The number of halogens is 2. The van der Waals surface area contributed by atoms with E-state index in [0.29, 0.717) is 5.88 Å². The highest BCUT2D eigenvalue weighted by Gasteiger charge is 2.27. The van der Waals surface area contributed by atoms with Gasteiger partial charge in [-0.05, 0) is 24.0 Å². The fraction of sp³-hybridized carbons (Fsp3) is 0.538. The SMILES string of the molecule is CC1CN(c2cccc(Cl)c2CCl)CC1C. The molecule has 0 bridgehead atoms. The van der Waals surface area contributed by atoms with Gasteiger partial charge in [-0.3, -0.25) is 0 Å². The fourth-order valence-corrected chi connectivity index (χ4v) is 2.89. The van der Waals surface area contributed by atoms with E-state index in [-0.39, 0.29) is 0 Å². The highest BCUT2D eigenvalue weighted by atomic mass is 35.5. The summed E-state index contributed by atoms with van der Waals surface area (Å²) in [5.74, 6) is 1.96. The Labute approximate surface area is 107 Å². The maximum Gasteiger partial charge on any atom is 0.0509 e. The molecule has 88 valence electrons. The molecule has 2 unspecified atom stereocenters. The number of alkyl halides is 1. The van der Waals surface area contributed by atoms with Crippen molar-refractivity contribution in [1.29, 1.82) is 0 Å². The van der Waals surface area contributed by atoms with Crippen molar-refractivity contribution in [3.8, 4) is 0 Å². The zero-order valence-electron chi connectivity index (χ0n) is 9.71. The Balaban J connectivity index is 2.31. The summed E-state index contributed by atoms with van der Waals surface area (Å²) in [6.45, 7) is 6.81. The van der Waals surface area contributed by atoms with Crippen molar-refractivity contribution in [3.05, 3.63) is 28.8 Å². The fourth-order valence-electron chi connectivity index (χ4n) is 2.30. The van der Waals surface area contributed by atoms with Crippen molar-refractivity contribution in [2.24, 2.45) is 11.8 Å². The van der Waals surface area contributed by atoms with Crippen molar-refractivity contribution in [3.63, 3.8) is 0 Å². The van der Waals surface area contributed by atoms with E-state index < -0.39 is 0 Å². The first-order chi connectivity index (χ1) is 7.63. The number of benzene rings is 1. The van der Waals surface area contributed by atoms with E-state index in [1.807, 2.05) is 12.1 Å². The lowest BCUT2D eigenvalue weighted by atomic mass is 10.0. The Morgan fingerprint density at radius 3 is 2.44 bits per heavy atom. The van der Waals surface area contributed by atoms with Crippen molar-refractivity contribution in [2.45, 2.75) is 19.7 Å². The van der Waals surface area contributed by atoms with Crippen LogP contribution in [0.4, 0.5) is 5.69 Å². The first kappa shape index (κ1) is 12.1. The van der Waals surface area contributed by atoms with Crippen molar-refractivity contribution in [2.75, 3.05) is 18.0 Å². The Hall–Kier alpha value is -0.400. The molecular weight excluding hydrogens is 241 g/mol. The number of nitrogens with zero attached hydrogens (tertiary/aromatic N) is 1. The summed E-state index contributed by atoms with van der Waals surface area (Å²) in [4.78, 5) is 2.40. The molecule has 0 aliphatic carbocycles. The first-order valence-corrected chi connectivity index (χ1v) is 6.63. The molecule has 16 heavy (non-hydrogen) atoms. The molecule has 0 radical (unpaired) electrons. The van der Waals surface area contributed by atoms with E-state index in [2.05, 4.69) is 24.8 Å². The van der Waals surface area contributed by atoms with Gasteiger partial charge >= 0.3 is 0 Å². The minimum Gasteiger partial charge on any atom is -0.371 e. The van der Waals surface area contributed by atoms with E-state index in [9.17, 15) is 0 Å². The molecule has 1 aromatic rings. The third-order valence-corrected chi connectivity index (χ3v) is 4.18. The molecule has 0 spiro atoms. The molecule has 1 aromatic carbocycles. The lowest BCUT2D eigenvalue weighted by Crippen LogP contribution is -2.20. The summed E-state index contributed by atoms with van der Waals surface area (Å²) in [7, 11) is 0. The maximum absolute atomic E-state index is 6.17. The topological polar surface area (TPSA) is 3.24 Å². The molecule has 1 heterocycles. The lowest BCUT2D eigenvalue weighted by molar-refractivity contribution is 0.494. The van der Waals surface area contributed by atoms with Gasteiger partial charge in [-0.2, -0.15) is 0 Å². The van der Waals surface area contributed by atoms with Crippen LogP contribution in [0, 0.1) is 11.8 Å². The second-order valence-corrected chi connectivity index (χ2v) is 5.41. The van der Waals surface area contributed by atoms with Crippen LogP contribution in [0.25, 0.3) is 0 Å². The highest BCUT2D eigenvalue weighted by molar-refractivity contribution is 6.32. The summed E-state index contributed by atoms with van der Waals surface area (Å²) in [5.41, 5.74) is 2.27. The Bertz CT molecular complexity index is 368. The third kappa shape index (κ3) is 2.16. The smallest absolute Gasteiger partial charge is 0.0509 e. The molecule has 3 heteroatoms.